The molecule has 0 radical (unpaired) electrons. The number of hydrogen-bond donors (Lipinski definition) is 1. The van der Waals surface area contributed by atoms with Crippen LogP contribution in [0.2, 0.25) is 0 Å². The van der Waals surface area contributed by atoms with Crippen molar-refractivity contribution >= 4 is 21.6 Å². The Hall–Kier alpha value is -2.78. The van der Waals surface area contributed by atoms with E-state index in [1.54, 1.807) is 11.1 Å². The Morgan fingerprint density at radius 3 is 2.47 bits per heavy atom. The second-order valence-electron chi connectivity index (χ2n) is 8.59. The summed E-state index contributed by atoms with van der Waals surface area (Å²) in [5.74, 6) is -0.0797. The van der Waals surface area contributed by atoms with Gasteiger partial charge in [-0.15, -0.1) is 0 Å². The molecule has 0 fully saturated rings. The molecule has 1 aromatic carbocycles. The lowest BCUT2D eigenvalue weighted by molar-refractivity contribution is -0.132. The van der Waals surface area contributed by atoms with Crippen LogP contribution in [-0.2, 0) is 27.8 Å². The quantitative estimate of drug-likeness (QED) is 0.638. The number of aromatic nitrogens is 3. The highest BCUT2D eigenvalue weighted by molar-refractivity contribution is 7.89. The Balaban J connectivity index is 1.42. The zero-order valence-electron chi connectivity index (χ0n) is 19.2. The minimum atomic E-state index is -3.71. The standard InChI is InChI=1S/C23H29N5O3S/c1-14-10-15(2)18(5)23(17(14)4)32(30,31)25-8-6-22(29)27-9-7-20-19(13-27)12-24-21-11-16(3)26-28(20)21/h10-12,25H,6-9,13H2,1-5H3. The molecular weight excluding hydrogens is 426 g/mol. The molecule has 2 aromatic heterocycles. The molecule has 0 unspecified atom stereocenters. The average Bonchev–Trinajstić information content (AvgIpc) is 3.12. The fourth-order valence-electron chi connectivity index (χ4n) is 4.37. The molecule has 0 bridgehead atoms. The molecule has 32 heavy (non-hydrogen) atoms. The van der Waals surface area contributed by atoms with Crippen molar-refractivity contribution in [1.82, 2.24) is 24.2 Å². The Morgan fingerprint density at radius 1 is 1.09 bits per heavy atom. The number of benzene rings is 1. The third-order valence-corrected chi connectivity index (χ3v) is 8.06. The van der Waals surface area contributed by atoms with Gasteiger partial charge in [0.2, 0.25) is 15.9 Å². The maximum absolute atomic E-state index is 13.0. The summed E-state index contributed by atoms with van der Waals surface area (Å²) >= 11 is 0. The summed E-state index contributed by atoms with van der Waals surface area (Å²) in [5.41, 5.74) is 7.13. The normalized spacial score (nSPS) is 14.1. The van der Waals surface area contributed by atoms with Crippen LogP contribution in [0.5, 0.6) is 0 Å². The van der Waals surface area contributed by atoms with Gasteiger partial charge in [-0.25, -0.2) is 22.6 Å². The van der Waals surface area contributed by atoms with E-state index in [2.05, 4.69) is 14.8 Å². The van der Waals surface area contributed by atoms with Gasteiger partial charge in [0.25, 0.3) is 0 Å². The molecule has 4 rings (SSSR count). The lowest BCUT2D eigenvalue weighted by Crippen LogP contribution is -2.39. The van der Waals surface area contributed by atoms with Crippen molar-refractivity contribution in [3.05, 3.63) is 57.5 Å². The second-order valence-corrected chi connectivity index (χ2v) is 10.3. The first-order valence-electron chi connectivity index (χ1n) is 10.8. The zero-order chi connectivity index (χ0) is 23.2. The van der Waals surface area contributed by atoms with Gasteiger partial charge in [0, 0.05) is 50.3 Å². The number of carbonyl (C=O) groups excluding carboxylic acids is 1. The molecule has 0 saturated heterocycles. The molecule has 8 nitrogen and oxygen atoms in total. The largest absolute Gasteiger partial charge is 0.338 e. The van der Waals surface area contributed by atoms with E-state index in [0.717, 1.165) is 44.9 Å². The van der Waals surface area contributed by atoms with E-state index in [1.165, 1.54) is 0 Å². The molecule has 1 N–H and O–H groups in total. The monoisotopic (exact) mass is 455 g/mol. The summed E-state index contributed by atoms with van der Waals surface area (Å²) in [6.07, 6.45) is 2.60. The highest BCUT2D eigenvalue weighted by Crippen LogP contribution is 2.26. The predicted molar refractivity (Wildman–Crippen MR) is 122 cm³/mol. The maximum Gasteiger partial charge on any atom is 0.241 e. The van der Waals surface area contributed by atoms with Crippen molar-refractivity contribution in [3.8, 4) is 0 Å². The summed E-state index contributed by atoms with van der Waals surface area (Å²) in [6.45, 7) is 10.5. The van der Waals surface area contributed by atoms with Crippen LogP contribution in [0.1, 0.15) is 45.6 Å². The fraction of sp³-hybridized carbons (Fsp3) is 0.435. The van der Waals surface area contributed by atoms with Gasteiger partial charge in [0.1, 0.15) is 0 Å². The van der Waals surface area contributed by atoms with Crippen LogP contribution in [0.4, 0.5) is 0 Å². The molecule has 9 heteroatoms. The number of fused-ring (bicyclic) bond motifs is 3. The van der Waals surface area contributed by atoms with Crippen molar-refractivity contribution < 1.29 is 13.2 Å². The van der Waals surface area contributed by atoms with E-state index in [9.17, 15) is 13.2 Å². The van der Waals surface area contributed by atoms with Gasteiger partial charge in [0.05, 0.1) is 16.3 Å². The van der Waals surface area contributed by atoms with Crippen molar-refractivity contribution in [3.63, 3.8) is 0 Å². The maximum atomic E-state index is 13.0. The van der Waals surface area contributed by atoms with Crippen molar-refractivity contribution in [2.45, 2.75) is 58.9 Å². The second kappa shape index (κ2) is 8.29. The van der Waals surface area contributed by atoms with Crippen molar-refractivity contribution in [1.29, 1.82) is 0 Å². The van der Waals surface area contributed by atoms with E-state index >= 15 is 0 Å². The Morgan fingerprint density at radius 2 is 1.78 bits per heavy atom. The lowest BCUT2D eigenvalue weighted by Gasteiger charge is -2.29. The van der Waals surface area contributed by atoms with Crippen LogP contribution < -0.4 is 4.72 Å². The third-order valence-electron chi connectivity index (χ3n) is 6.32. The number of carbonyl (C=O) groups is 1. The molecule has 170 valence electrons. The Kier molecular flexibility index (Phi) is 5.81. The first-order valence-corrected chi connectivity index (χ1v) is 12.2. The van der Waals surface area contributed by atoms with Crippen LogP contribution in [-0.4, -0.2) is 46.9 Å². The van der Waals surface area contributed by atoms with Crippen molar-refractivity contribution in [2.24, 2.45) is 0 Å². The minimum Gasteiger partial charge on any atom is -0.338 e. The first kappa shape index (κ1) is 22.4. The molecule has 1 amide bonds. The summed E-state index contributed by atoms with van der Waals surface area (Å²) in [5, 5.41) is 4.50. The van der Waals surface area contributed by atoms with Gasteiger partial charge < -0.3 is 4.90 Å². The molecule has 0 spiro atoms. The molecule has 3 heterocycles. The number of aryl methyl sites for hydroxylation is 3. The molecule has 3 aromatic rings. The highest BCUT2D eigenvalue weighted by atomic mass is 32.2. The molecular formula is C23H29N5O3S. The minimum absolute atomic E-state index is 0.0615. The summed E-state index contributed by atoms with van der Waals surface area (Å²) in [7, 11) is -3.71. The van der Waals surface area contributed by atoms with E-state index < -0.39 is 10.0 Å². The van der Waals surface area contributed by atoms with Crippen LogP contribution in [0.25, 0.3) is 5.65 Å². The van der Waals surface area contributed by atoms with Gasteiger partial charge in [-0.2, -0.15) is 5.10 Å². The van der Waals surface area contributed by atoms with E-state index in [-0.39, 0.29) is 18.9 Å². The van der Waals surface area contributed by atoms with Gasteiger partial charge in [-0.3, -0.25) is 4.79 Å². The number of rotatable bonds is 5. The molecule has 0 atom stereocenters. The summed E-state index contributed by atoms with van der Waals surface area (Å²) in [4.78, 5) is 19.3. The fourth-order valence-corrected chi connectivity index (χ4v) is 6.02. The van der Waals surface area contributed by atoms with E-state index in [1.807, 2.05) is 51.3 Å². The predicted octanol–water partition coefficient (Wildman–Crippen LogP) is 2.52. The van der Waals surface area contributed by atoms with E-state index in [0.29, 0.717) is 24.4 Å². The average molecular weight is 456 g/mol. The van der Waals surface area contributed by atoms with Crippen LogP contribution in [0.3, 0.4) is 0 Å². The van der Waals surface area contributed by atoms with Gasteiger partial charge in [-0.05, 0) is 56.9 Å². The number of amides is 1. The molecule has 1 aliphatic rings. The molecule has 1 aliphatic heterocycles. The first-order chi connectivity index (χ1) is 15.1. The number of nitrogens with one attached hydrogen (secondary N) is 1. The SMILES string of the molecule is Cc1cc2ncc3c(n2n1)CCN(C(=O)CCNS(=O)(=O)c1c(C)c(C)cc(C)c1C)C3. The number of nitrogens with zero attached hydrogens (tertiary/aromatic N) is 4. The van der Waals surface area contributed by atoms with Crippen LogP contribution in [0, 0.1) is 34.6 Å². The van der Waals surface area contributed by atoms with E-state index in [4.69, 9.17) is 0 Å². The number of hydrogen-bond acceptors (Lipinski definition) is 5. The van der Waals surface area contributed by atoms with Crippen molar-refractivity contribution in [2.75, 3.05) is 13.1 Å². The zero-order valence-corrected chi connectivity index (χ0v) is 20.0. The number of sulfonamides is 1. The van der Waals surface area contributed by atoms with Gasteiger partial charge in [0.15, 0.2) is 5.65 Å². The third kappa shape index (κ3) is 4.02. The highest BCUT2D eigenvalue weighted by Gasteiger charge is 2.25. The van der Waals surface area contributed by atoms with Crippen LogP contribution in [0.15, 0.2) is 23.2 Å². The van der Waals surface area contributed by atoms with Crippen LogP contribution >= 0.6 is 0 Å². The Labute approximate surface area is 188 Å². The summed E-state index contributed by atoms with van der Waals surface area (Å²) < 4.78 is 30.4. The Bertz CT molecular complexity index is 1300. The smallest absolute Gasteiger partial charge is 0.241 e. The van der Waals surface area contributed by atoms with Gasteiger partial charge >= 0.3 is 0 Å². The summed E-state index contributed by atoms with van der Waals surface area (Å²) in [6, 6.07) is 3.93. The lowest BCUT2D eigenvalue weighted by atomic mass is 10.0. The molecule has 0 saturated carbocycles. The topological polar surface area (TPSA) is 96.7 Å². The van der Waals surface area contributed by atoms with Gasteiger partial charge in [-0.1, -0.05) is 6.07 Å². The molecule has 0 aliphatic carbocycles.